The van der Waals surface area contributed by atoms with Gasteiger partial charge < -0.3 is 9.53 Å². The largest absolute Gasteiger partial charge is 0.468 e. The molecule has 0 aliphatic carbocycles. The second-order valence-electron chi connectivity index (χ2n) is 5.74. The van der Waals surface area contributed by atoms with Crippen LogP contribution >= 0.6 is 0 Å². The van der Waals surface area contributed by atoms with Crippen molar-refractivity contribution in [2.24, 2.45) is 5.92 Å². The Bertz CT molecular complexity index is 468. The van der Waals surface area contributed by atoms with Crippen LogP contribution in [0.2, 0.25) is 0 Å². The minimum Gasteiger partial charge on any atom is -0.468 e. The molecule has 3 nitrogen and oxygen atoms in total. The number of carbonyl (C=O) groups excluding carboxylic acids is 2. The molecule has 1 aromatic carbocycles. The zero-order chi connectivity index (χ0) is 17.2. The fourth-order valence-electron chi connectivity index (χ4n) is 2.39. The first kappa shape index (κ1) is 20.4. The van der Waals surface area contributed by atoms with E-state index in [1.165, 1.54) is 7.11 Å². The number of hydrogen-bond acceptors (Lipinski definition) is 3. The van der Waals surface area contributed by atoms with Gasteiger partial charge in [-0.3, -0.25) is 4.79 Å². The summed E-state index contributed by atoms with van der Waals surface area (Å²) in [4.78, 5) is 22.8. The van der Waals surface area contributed by atoms with E-state index in [1.807, 2.05) is 58.9 Å². The molecule has 0 heterocycles. The third-order valence-corrected chi connectivity index (χ3v) is 3.93. The van der Waals surface area contributed by atoms with E-state index in [-0.39, 0.29) is 11.9 Å². The Kier molecular flexibility index (Phi) is 9.39. The maximum atomic E-state index is 12.2. The zero-order valence-corrected chi connectivity index (χ0v) is 14.8. The third kappa shape index (κ3) is 5.63. The van der Waals surface area contributed by atoms with Crippen LogP contribution in [0.3, 0.4) is 0 Å². The Balaban J connectivity index is 0.00000211. The van der Waals surface area contributed by atoms with E-state index >= 15 is 0 Å². The first-order valence-corrected chi connectivity index (χ1v) is 8.03. The predicted octanol–water partition coefficient (Wildman–Crippen LogP) is 4.46. The molecule has 1 rings (SSSR count). The highest BCUT2D eigenvalue weighted by Crippen LogP contribution is 2.32. The fraction of sp³-hybridized carbons (Fsp3) is 0.579. The van der Waals surface area contributed by atoms with Gasteiger partial charge in [0.25, 0.3) is 0 Å². The molecule has 0 aliphatic heterocycles. The maximum absolute atomic E-state index is 12.2. The lowest BCUT2D eigenvalue weighted by Crippen LogP contribution is -2.34. The molecule has 0 fully saturated rings. The lowest BCUT2D eigenvalue weighted by Gasteiger charge is -2.28. The van der Waals surface area contributed by atoms with E-state index in [0.717, 1.165) is 23.8 Å². The van der Waals surface area contributed by atoms with Crippen LogP contribution < -0.4 is 0 Å². The number of hydrogen-bond donors (Lipinski definition) is 0. The molecule has 124 valence electrons. The van der Waals surface area contributed by atoms with Crippen molar-refractivity contribution in [2.75, 3.05) is 7.11 Å². The predicted molar refractivity (Wildman–Crippen MR) is 91.0 cm³/mol. The molecule has 2 unspecified atom stereocenters. The summed E-state index contributed by atoms with van der Waals surface area (Å²) in [5.74, 6) is 0.0580. The van der Waals surface area contributed by atoms with Crippen molar-refractivity contribution in [2.45, 2.75) is 59.3 Å². The van der Waals surface area contributed by atoms with Gasteiger partial charge in [0, 0.05) is 6.42 Å². The molecule has 0 aromatic heterocycles. The number of ether oxygens (including phenoxy) is 1. The molecule has 0 N–H and O–H groups in total. The highest BCUT2D eigenvalue weighted by Gasteiger charge is 2.36. The molecular formula is C19H30O3. The number of esters is 1. The van der Waals surface area contributed by atoms with Crippen molar-refractivity contribution in [3.05, 3.63) is 35.4 Å². The number of aldehydes is 1. The van der Waals surface area contributed by atoms with Gasteiger partial charge in [-0.1, -0.05) is 50.6 Å². The summed E-state index contributed by atoms with van der Waals surface area (Å²) < 4.78 is 4.99. The number of aryl methyl sites for hydroxylation is 1. The Morgan fingerprint density at radius 1 is 1.36 bits per heavy atom. The molecule has 0 spiro atoms. The molecule has 2 atom stereocenters. The molecule has 0 radical (unpaired) electrons. The molecular weight excluding hydrogens is 276 g/mol. The summed E-state index contributed by atoms with van der Waals surface area (Å²) in [5.41, 5.74) is 1.44. The van der Waals surface area contributed by atoms with Gasteiger partial charge in [-0.15, -0.1) is 0 Å². The van der Waals surface area contributed by atoms with E-state index < -0.39 is 5.41 Å². The Morgan fingerprint density at radius 2 is 2.00 bits per heavy atom. The molecule has 22 heavy (non-hydrogen) atoms. The molecule has 0 amide bonds. The van der Waals surface area contributed by atoms with Crippen LogP contribution in [0.5, 0.6) is 0 Å². The quantitative estimate of drug-likeness (QED) is 0.552. The van der Waals surface area contributed by atoms with Crippen LogP contribution in [0.15, 0.2) is 24.3 Å². The van der Waals surface area contributed by atoms with Crippen LogP contribution in [0.25, 0.3) is 0 Å². The van der Waals surface area contributed by atoms with Gasteiger partial charge in [0.15, 0.2) is 0 Å². The van der Waals surface area contributed by atoms with E-state index in [9.17, 15) is 9.59 Å². The van der Waals surface area contributed by atoms with Crippen molar-refractivity contribution in [1.29, 1.82) is 0 Å². The Hall–Kier alpha value is -1.64. The topological polar surface area (TPSA) is 43.4 Å². The summed E-state index contributed by atoms with van der Waals surface area (Å²) in [5, 5.41) is 0. The summed E-state index contributed by atoms with van der Waals surface area (Å²) in [6.07, 6.45) is 2.97. The summed E-state index contributed by atoms with van der Waals surface area (Å²) in [7, 11) is 1.42. The standard InChI is InChI=1S/C17H24O3.C2H6/c1-13(9-11-18)8-10-17(3,16(19)20-4)15-7-5-6-14(2)12-15;1-2/h5-7,11-13H,8-10H2,1-4H3;1-2H3. The Morgan fingerprint density at radius 3 is 2.50 bits per heavy atom. The van der Waals surface area contributed by atoms with Crippen LogP contribution in [0.1, 0.15) is 58.1 Å². The van der Waals surface area contributed by atoms with Crippen molar-refractivity contribution in [1.82, 2.24) is 0 Å². The van der Waals surface area contributed by atoms with E-state index in [0.29, 0.717) is 12.8 Å². The van der Waals surface area contributed by atoms with Gasteiger partial charge in [-0.2, -0.15) is 0 Å². The molecule has 0 saturated carbocycles. The van der Waals surface area contributed by atoms with Gasteiger partial charge in [0.2, 0.25) is 0 Å². The number of carbonyl (C=O) groups is 2. The second kappa shape index (κ2) is 10.1. The smallest absolute Gasteiger partial charge is 0.315 e. The van der Waals surface area contributed by atoms with Crippen molar-refractivity contribution in [3.8, 4) is 0 Å². The molecule has 0 saturated heterocycles. The highest BCUT2D eigenvalue weighted by atomic mass is 16.5. The zero-order valence-electron chi connectivity index (χ0n) is 14.8. The molecule has 0 aliphatic rings. The summed E-state index contributed by atoms with van der Waals surface area (Å²) >= 11 is 0. The normalized spacial score (nSPS) is 14.1. The first-order chi connectivity index (χ1) is 10.4. The van der Waals surface area contributed by atoms with Crippen molar-refractivity contribution < 1.29 is 14.3 Å². The second-order valence-corrected chi connectivity index (χ2v) is 5.74. The SMILES string of the molecule is CC.COC(=O)C(C)(CCC(C)CC=O)c1cccc(C)c1. The lowest BCUT2D eigenvalue weighted by atomic mass is 9.76. The van der Waals surface area contributed by atoms with E-state index in [1.54, 1.807) is 0 Å². The minimum absolute atomic E-state index is 0.221. The summed E-state index contributed by atoms with van der Waals surface area (Å²) in [6, 6.07) is 7.96. The van der Waals surface area contributed by atoms with Gasteiger partial charge in [0.05, 0.1) is 12.5 Å². The average molecular weight is 306 g/mol. The van der Waals surface area contributed by atoms with E-state index in [2.05, 4.69) is 0 Å². The fourth-order valence-corrected chi connectivity index (χ4v) is 2.39. The molecule has 3 heteroatoms. The minimum atomic E-state index is -0.655. The monoisotopic (exact) mass is 306 g/mol. The number of rotatable bonds is 7. The van der Waals surface area contributed by atoms with E-state index in [4.69, 9.17) is 4.74 Å². The van der Waals surface area contributed by atoms with Gasteiger partial charge in [0.1, 0.15) is 6.29 Å². The maximum Gasteiger partial charge on any atom is 0.315 e. The van der Waals surface area contributed by atoms with Crippen molar-refractivity contribution in [3.63, 3.8) is 0 Å². The average Bonchev–Trinajstić information content (AvgIpc) is 2.54. The van der Waals surface area contributed by atoms with Gasteiger partial charge in [-0.05, 0) is 38.2 Å². The Labute approximate surface area is 135 Å². The van der Waals surface area contributed by atoms with Crippen LogP contribution in [0.4, 0.5) is 0 Å². The van der Waals surface area contributed by atoms with Crippen molar-refractivity contribution >= 4 is 12.3 Å². The van der Waals surface area contributed by atoms with Crippen LogP contribution in [-0.4, -0.2) is 19.4 Å². The van der Waals surface area contributed by atoms with Crippen LogP contribution in [0, 0.1) is 12.8 Å². The molecule has 1 aromatic rings. The highest BCUT2D eigenvalue weighted by molar-refractivity contribution is 5.82. The molecule has 0 bridgehead atoms. The third-order valence-electron chi connectivity index (χ3n) is 3.93. The first-order valence-electron chi connectivity index (χ1n) is 8.03. The summed E-state index contributed by atoms with van der Waals surface area (Å²) in [6.45, 7) is 9.96. The lowest BCUT2D eigenvalue weighted by molar-refractivity contribution is -0.147. The number of benzene rings is 1. The number of methoxy groups -OCH3 is 1. The van der Waals surface area contributed by atoms with Crippen LogP contribution in [-0.2, 0) is 19.7 Å². The van der Waals surface area contributed by atoms with Gasteiger partial charge in [-0.25, -0.2) is 0 Å². The van der Waals surface area contributed by atoms with Gasteiger partial charge >= 0.3 is 5.97 Å².